The predicted molar refractivity (Wildman–Crippen MR) is 166 cm³/mol. The molecular weight excluding hydrogens is 645 g/mol. The highest BCUT2D eigenvalue weighted by Gasteiger charge is 2.56. The smallest absolute Gasteiger partial charge is 0.248 e. The van der Waals surface area contributed by atoms with Crippen LogP contribution in [0.15, 0.2) is 35.2 Å². The molecule has 0 radical (unpaired) electrons. The SMILES string of the molecule is CC(=O)c1nn(CC(=O)N2[C@H](C(=O)Nc3nc(Br)c(F)cc3C)C[C@@]3(C)C#C[C@@H]23)c2c(C)cc(-c3cnc([C@H](C)O)nc3)cc12. The maximum Gasteiger partial charge on any atom is 0.248 e. The van der Waals surface area contributed by atoms with E-state index in [0.29, 0.717) is 34.3 Å². The van der Waals surface area contributed by atoms with Gasteiger partial charge in [-0.3, -0.25) is 19.1 Å². The van der Waals surface area contributed by atoms with Gasteiger partial charge in [-0.1, -0.05) is 11.8 Å². The van der Waals surface area contributed by atoms with Gasteiger partial charge >= 0.3 is 0 Å². The third kappa shape index (κ3) is 5.27. The van der Waals surface area contributed by atoms with Crippen molar-refractivity contribution in [1.29, 1.82) is 0 Å². The average Bonchev–Trinajstić information content (AvgIpc) is 3.44. The van der Waals surface area contributed by atoms with E-state index in [9.17, 15) is 23.9 Å². The Balaban J connectivity index is 1.33. The van der Waals surface area contributed by atoms with Crippen molar-refractivity contribution in [2.45, 2.75) is 65.8 Å². The van der Waals surface area contributed by atoms with Crippen LogP contribution in [-0.4, -0.2) is 64.4 Å². The summed E-state index contributed by atoms with van der Waals surface area (Å²) in [5.41, 5.74) is 2.89. The van der Waals surface area contributed by atoms with Crippen LogP contribution in [0.2, 0.25) is 0 Å². The van der Waals surface area contributed by atoms with Gasteiger partial charge in [0, 0.05) is 30.3 Å². The van der Waals surface area contributed by atoms with E-state index in [2.05, 4.69) is 53.1 Å². The van der Waals surface area contributed by atoms with Crippen LogP contribution < -0.4 is 5.32 Å². The fourth-order valence-electron chi connectivity index (χ4n) is 6.00. The second-order valence-electron chi connectivity index (χ2n) is 11.8. The minimum Gasteiger partial charge on any atom is -0.385 e. The van der Waals surface area contributed by atoms with Crippen LogP contribution in [-0.2, 0) is 16.1 Å². The molecule has 3 aromatic heterocycles. The Hall–Kier alpha value is -4.54. The van der Waals surface area contributed by atoms with Crippen molar-refractivity contribution in [2.75, 3.05) is 5.32 Å². The summed E-state index contributed by atoms with van der Waals surface area (Å²) in [6, 6.07) is 3.63. The van der Waals surface area contributed by atoms with E-state index in [-0.39, 0.29) is 34.4 Å². The molecule has 2 N–H and O–H groups in total. The van der Waals surface area contributed by atoms with E-state index in [1.54, 1.807) is 26.2 Å². The number of ketones is 1. The van der Waals surface area contributed by atoms with Gasteiger partial charge in [-0.2, -0.15) is 5.10 Å². The summed E-state index contributed by atoms with van der Waals surface area (Å²) in [5, 5.41) is 17.6. The fraction of sp³-hybridized carbons (Fsp3) is 0.344. The minimum absolute atomic E-state index is 0.0345. The normalized spacial score (nSPS) is 20.7. The average molecular weight is 675 g/mol. The number of aliphatic hydroxyl groups excluding tert-OH is 1. The van der Waals surface area contributed by atoms with E-state index >= 15 is 0 Å². The number of halogens is 2. The molecule has 1 aromatic carbocycles. The number of benzene rings is 1. The number of Topliss-reactive ketones (excluding diaryl/α,β-unsaturated/α-hetero) is 1. The Bertz CT molecular complexity index is 1980. The van der Waals surface area contributed by atoms with Crippen LogP contribution in [0.3, 0.4) is 0 Å². The van der Waals surface area contributed by atoms with Gasteiger partial charge < -0.3 is 15.3 Å². The number of aryl methyl sites for hydroxylation is 2. The lowest BCUT2D eigenvalue weighted by atomic mass is 9.76. The number of likely N-dealkylation sites (tertiary alicyclic amines) is 1. The van der Waals surface area contributed by atoms with Crippen LogP contribution in [0, 0.1) is 36.9 Å². The first-order chi connectivity index (χ1) is 21.3. The number of anilines is 1. The van der Waals surface area contributed by atoms with Crippen molar-refractivity contribution in [3.63, 3.8) is 0 Å². The van der Waals surface area contributed by atoms with Crippen LogP contribution in [0.4, 0.5) is 10.2 Å². The number of fused-ring (bicyclic) bond motifs is 2. The number of aliphatic hydroxyl groups is 1. The lowest BCUT2D eigenvalue weighted by Gasteiger charge is -2.34. The maximum absolute atomic E-state index is 14.0. The molecule has 1 saturated heterocycles. The van der Waals surface area contributed by atoms with Crippen LogP contribution in [0.1, 0.15) is 60.7 Å². The van der Waals surface area contributed by atoms with Gasteiger partial charge in [0.25, 0.3) is 0 Å². The van der Waals surface area contributed by atoms with Gasteiger partial charge in [-0.05, 0) is 84.9 Å². The first kappa shape index (κ1) is 30.5. The molecule has 11 nitrogen and oxygen atoms in total. The number of hydrogen-bond donors (Lipinski definition) is 2. The molecule has 6 rings (SSSR count). The molecule has 1 aliphatic heterocycles. The fourth-order valence-corrected chi connectivity index (χ4v) is 6.30. The summed E-state index contributed by atoms with van der Waals surface area (Å²) in [5.74, 6) is 4.97. The second-order valence-corrected chi connectivity index (χ2v) is 12.5. The number of carbonyl (C=O) groups is 3. The molecule has 0 saturated carbocycles. The molecule has 1 fully saturated rings. The van der Waals surface area contributed by atoms with Crippen molar-refractivity contribution >= 4 is 50.2 Å². The second kappa shape index (κ2) is 11.1. The summed E-state index contributed by atoms with van der Waals surface area (Å²) in [6.45, 7) is 8.17. The lowest BCUT2D eigenvalue weighted by molar-refractivity contribution is -0.138. The number of aromatic nitrogens is 5. The number of carbonyl (C=O) groups excluding carboxylic acids is 3. The highest BCUT2D eigenvalue weighted by atomic mass is 79.9. The summed E-state index contributed by atoms with van der Waals surface area (Å²) >= 11 is 3.06. The topological polar surface area (TPSA) is 143 Å². The molecule has 2 amide bonds. The Morgan fingerprint density at radius 3 is 2.51 bits per heavy atom. The van der Waals surface area contributed by atoms with E-state index in [4.69, 9.17) is 0 Å². The molecule has 0 unspecified atom stereocenters. The van der Waals surface area contributed by atoms with Crippen LogP contribution >= 0.6 is 15.9 Å². The minimum atomic E-state index is -0.869. The summed E-state index contributed by atoms with van der Waals surface area (Å²) in [4.78, 5) is 54.3. The molecule has 0 bridgehead atoms. The molecule has 4 atom stereocenters. The summed E-state index contributed by atoms with van der Waals surface area (Å²) in [6.07, 6.45) is 2.72. The Kier molecular flexibility index (Phi) is 7.53. The number of rotatable bonds is 7. The molecule has 230 valence electrons. The summed E-state index contributed by atoms with van der Waals surface area (Å²) in [7, 11) is 0. The molecular formula is C32H29BrFN7O4. The van der Waals surface area contributed by atoms with Gasteiger partial charge in [-0.15, -0.1) is 0 Å². The van der Waals surface area contributed by atoms with Crippen molar-refractivity contribution in [1.82, 2.24) is 29.6 Å². The van der Waals surface area contributed by atoms with E-state index < -0.39 is 35.3 Å². The van der Waals surface area contributed by atoms with Crippen LogP contribution in [0.25, 0.3) is 22.0 Å². The van der Waals surface area contributed by atoms with Crippen LogP contribution in [0.5, 0.6) is 0 Å². The van der Waals surface area contributed by atoms with E-state index in [0.717, 1.165) is 11.1 Å². The number of hydrogen-bond acceptors (Lipinski definition) is 8. The third-order valence-electron chi connectivity index (χ3n) is 8.32. The number of nitrogens with zero attached hydrogens (tertiary/aromatic N) is 6. The van der Waals surface area contributed by atoms with Gasteiger partial charge in [0.1, 0.15) is 40.8 Å². The highest BCUT2D eigenvalue weighted by Crippen LogP contribution is 2.45. The zero-order valence-electron chi connectivity index (χ0n) is 25.1. The Morgan fingerprint density at radius 2 is 1.89 bits per heavy atom. The molecule has 1 aliphatic carbocycles. The van der Waals surface area contributed by atoms with Gasteiger partial charge in [0.2, 0.25) is 11.8 Å². The van der Waals surface area contributed by atoms with Crippen molar-refractivity contribution < 1.29 is 23.9 Å². The van der Waals surface area contributed by atoms with Crippen molar-refractivity contribution in [2.24, 2.45) is 5.41 Å². The molecule has 45 heavy (non-hydrogen) atoms. The maximum atomic E-state index is 14.0. The monoisotopic (exact) mass is 673 g/mol. The molecule has 13 heteroatoms. The van der Waals surface area contributed by atoms with Gasteiger partial charge in [0.05, 0.1) is 10.9 Å². The zero-order chi connectivity index (χ0) is 32.4. The van der Waals surface area contributed by atoms with E-state index in [1.807, 2.05) is 26.0 Å². The first-order valence-electron chi connectivity index (χ1n) is 14.3. The Morgan fingerprint density at radius 1 is 1.18 bits per heavy atom. The standard InChI is InChI=1S/C32H29BrFN7O4/c1-15-8-19(20-12-35-30(18(4)43)36-13-20)10-21-26(17(3)42)39-40(27(15)21)14-25(44)41-23(11-32(5)7-6-24(32)41)31(45)38-29-16(2)9-22(34)28(33)37-29/h8-10,12-13,18,23-24,43H,11,14H2,1-5H3,(H,37,38,45)/t18-,23-,24+,32+/m0/s1. The third-order valence-corrected chi connectivity index (χ3v) is 8.87. The predicted octanol–water partition coefficient (Wildman–Crippen LogP) is 4.29. The quantitative estimate of drug-likeness (QED) is 0.168. The molecule has 0 spiro atoms. The largest absolute Gasteiger partial charge is 0.385 e. The summed E-state index contributed by atoms with van der Waals surface area (Å²) < 4.78 is 15.4. The lowest BCUT2D eigenvalue weighted by Crippen LogP contribution is -2.50. The number of amides is 2. The Labute approximate surface area is 266 Å². The van der Waals surface area contributed by atoms with Crippen molar-refractivity contribution in [3.8, 4) is 23.0 Å². The molecule has 4 heterocycles. The van der Waals surface area contributed by atoms with Gasteiger partial charge in [0.15, 0.2) is 17.4 Å². The number of pyridine rings is 1. The van der Waals surface area contributed by atoms with Crippen molar-refractivity contribution in [3.05, 3.63) is 63.7 Å². The first-order valence-corrected chi connectivity index (χ1v) is 15.1. The molecule has 2 aliphatic rings. The van der Waals surface area contributed by atoms with Gasteiger partial charge in [-0.25, -0.2) is 19.3 Å². The molecule has 4 aromatic rings. The van der Waals surface area contributed by atoms with E-state index in [1.165, 1.54) is 22.6 Å². The highest BCUT2D eigenvalue weighted by molar-refractivity contribution is 9.10. The zero-order valence-corrected chi connectivity index (χ0v) is 26.7. The number of nitrogens with one attached hydrogen (secondary N) is 1.